The fourth-order valence-corrected chi connectivity index (χ4v) is 1.66. The number of unbranched alkanes of at least 4 members (excludes halogenated alkanes) is 1. The van der Waals surface area contributed by atoms with E-state index in [0.717, 1.165) is 18.9 Å². The van der Waals surface area contributed by atoms with E-state index < -0.39 is 11.9 Å². The number of rotatable bonds is 7. The molecule has 1 rings (SSSR count). The van der Waals surface area contributed by atoms with Crippen LogP contribution in [-0.2, 0) is 6.18 Å². The number of aliphatic hydroxyl groups is 1. The third-order valence-corrected chi connectivity index (χ3v) is 2.70. The van der Waals surface area contributed by atoms with Crippen molar-refractivity contribution >= 4 is 11.8 Å². The first-order chi connectivity index (χ1) is 9.42. The van der Waals surface area contributed by atoms with Gasteiger partial charge >= 0.3 is 6.18 Å². The largest absolute Gasteiger partial charge is 0.433 e. The van der Waals surface area contributed by atoms with Crippen molar-refractivity contribution in [2.45, 2.75) is 25.9 Å². The topological polar surface area (TPSA) is 61.3 Å². The third kappa shape index (κ3) is 4.52. The number of nitrogens with one attached hydrogen (secondary N) is 1. The molecule has 0 spiro atoms. The summed E-state index contributed by atoms with van der Waals surface area (Å²) in [5, 5.41) is 11.6. The van der Waals surface area contributed by atoms with E-state index in [2.05, 4.69) is 15.3 Å². The van der Waals surface area contributed by atoms with Gasteiger partial charge in [-0.05, 0) is 6.42 Å². The molecule has 0 atom stereocenters. The second kappa shape index (κ2) is 7.28. The van der Waals surface area contributed by atoms with Crippen LogP contribution in [-0.4, -0.2) is 41.8 Å². The van der Waals surface area contributed by atoms with Gasteiger partial charge in [-0.1, -0.05) is 13.3 Å². The monoisotopic (exact) mass is 292 g/mol. The molecule has 1 aromatic heterocycles. The molecule has 0 saturated carbocycles. The molecule has 0 unspecified atom stereocenters. The quantitative estimate of drug-likeness (QED) is 0.806. The second-order valence-corrected chi connectivity index (χ2v) is 4.25. The first kappa shape index (κ1) is 16.5. The van der Waals surface area contributed by atoms with E-state index >= 15 is 0 Å². The van der Waals surface area contributed by atoms with Gasteiger partial charge in [0.05, 0.1) is 6.61 Å². The van der Waals surface area contributed by atoms with E-state index in [0.29, 0.717) is 6.54 Å². The minimum atomic E-state index is -4.53. The summed E-state index contributed by atoms with van der Waals surface area (Å²) < 4.78 is 38.4. The zero-order chi connectivity index (χ0) is 15.2. The lowest BCUT2D eigenvalue weighted by Crippen LogP contribution is -2.29. The molecule has 1 heterocycles. The first-order valence-electron chi connectivity index (χ1n) is 6.42. The van der Waals surface area contributed by atoms with Gasteiger partial charge in [0.15, 0.2) is 5.69 Å². The standard InChI is InChI=1S/C12H19F3N4O/c1-3-4-5-19(6-7-20)10-8-9(12(13,14)15)17-11(16-2)18-10/h8,20H,3-7H2,1-2H3,(H,16,17,18). The van der Waals surface area contributed by atoms with Crippen molar-refractivity contribution in [3.05, 3.63) is 11.8 Å². The highest BCUT2D eigenvalue weighted by Gasteiger charge is 2.34. The van der Waals surface area contributed by atoms with Crippen LogP contribution in [0.5, 0.6) is 0 Å². The van der Waals surface area contributed by atoms with Crippen LogP contribution in [0, 0.1) is 0 Å². The molecule has 0 radical (unpaired) electrons. The molecule has 0 amide bonds. The molecule has 0 aromatic carbocycles. The first-order valence-corrected chi connectivity index (χ1v) is 6.42. The summed E-state index contributed by atoms with van der Waals surface area (Å²) in [4.78, 5) is 9.07. The minimum Gasteiger partial charge on any atom is -0.395 e. The zero-order valence-electron chi connectivity index (χ0n) is 11.5. The average molecular weight is 292 g/mol. The Morgan fingerprint density at radius 2 is 2.00 bits per heavy atom. The fraction of sp³-hybridized carbons (Fsp3) is 0.667. The minimum absolute atomic E-state index is 0.0886. The van der Waals surface area contributed by atoms with Crippen molar-refractivity contribution < 1.29 is 18.3 Å². The summed E-state index contributed by atoms with van der Waals surface area (Å²) in [5.41, 5.74) is -0.994. The van der Waals surface area contributed by atoms with Crippen LogP contribution in [0.4, 0.5) is 24.9 Å². The molecule has 0 aliphatic carbocycles. The number of anilines is 2. The Balaban J connectivity index is 3.12. The second-order valence-electron chi connectivity index (χ2n) is 4.25. The SMILES string of the molecule is CCCCN(CCO)c1cc(C(F)(F)F)nc(NC)n1. The number of aromatic nitrogens is 2. The molecule has 20 heavy (non-hydrogen) atoms. The van der Waals surface area contributed by atoms with Crippen LogP contribution in [0.25, 0.3) is 0 Å². The summed E-state index contributed by atoms with van der Waals surface area (Å²) in [6, 6.07) is 0.909. The fourth-order valence-electron chi connectivity index (χ4n) is 1.66. The Hall–Kier alpha value is -1.57. The lowest BCUT2D eigenvalue weighted by Gasteiger charge is -2.23. The van der Waals surface area contributed by atoms with Crippen molar-refractivity contribution in [3.8, 4) is 0 Å². The molecular weight excluding hydrogens is 273 g/mol. The molecule has 5 nitrogen and oxygen atoms in total. The highest BCUT2D eigenvalue weighted by molar-refractivity contribution is 5.45. The van der Waals surface area contributed by atoms with Gasteiger partial charge in [-0.25, -0.2) is 4.98 Å². The number of halogens is 3. The maximum absolute atomic E-state index is 12.8. The summed E-state index contributed by atoms with van der Waals surface area (Å²) in [6.45, 7) is 2.60. The molecule has 0 fully saturated rings. The third-order valence-electron chi connectivity index (χ3n) is 2.70. The number of hydrogen-bond acceptors (Lipinski definition) is 5. The van der Waals surface area contributed by atoms with Gasteiger partial charge in [0.1, 0.15) is 5.82 Å². The lowest BCUT2D eigenvalue weighted by atomic mass is 10.3. The number of nitrogens with zero attached hydrogens (tertiary/aromatic N) is 3. The molecule has 114 valence electrons. The summed E-state index contributed by atoms with van der Waals surface area (Å²) in [7, 11) is 1.46. The van der Waals surface area contributed by atoms with Gasteiger partial charge in [0.25, 0.3) is 0 Å². The van der Waals surface area contributed by atoms with E-state index in [4.69, 9.17) is 5.11 Å². The van der Waals surface area contributed by atoms with Gasteiger partial charge in [0.2, 0.25) is 5.95 Å². The van der Waals surface area contributed by atoms with E-state index in [9.17, 15) is 13.2 Å². The number of hydrogen-bond donors (Lipinski definition) is 2. The van der Waals surface area contributed by atoms with Gasteiger partial charge in [-0.2, -0.15) is 18.2 Å². The zero-order valence-corrected chi connectivity index (χ0v) is 11.5. The van der Waals surface area contributed by atoms with E-state index in [1.165, 1.54) is 7.05 Å². The molecule has 0 saturated heterocycles. The molecule has 0 bridgehead atoms. The maximum atomic E-state index is 12.8. The maximum Gasteiger partial charge on any atom is 0.433 e. The molecular formula is C12H19F3N4O. The van der Waals surface area contributed by atoms with Crippen LogP contribution in [0.15, 0.2) is 6.07 Å². The summed E-state index contributed by atoms with van der Waals surface area (Å²) in [6.07, 6.45) is -2.82. The van der Waals surface area contributed by atoms with E-state index in [-0.39, 0.29) is 24.9 Å². The molecule has 0 aliphatic rings. The van der Waals surface area contributed by atoms with E-state index in [1.54, 1.807) is 4.90 Å². The Labute approximate surface area is 115 Å². The smallest absolute Gasteiger partial charge is 0.395 e. The van der Waals surface area contributed by atoms with Gasteiger partial charge in [-0.15, -0.1) is 0 Å². The normalized spacial score (nSPS) is 11.5. The van der Waals surface area contributed by atoms with Crippen LogP contribution in [0.1, 0.15) is 25.5 Å². The van der Waals surface area contributed by atoms with Crippen LogP contribution in [0.2, 0.25) is 0 Å². The number of aliphatic hydroxyl groups excluding tert-OH is 1. The molecule has 8 heteroatoms. The van der Waals surface area contributed by atoms with Gasteiger partial charge in [-0.3, -0.25) is 0 Å². The molecule has 0 aliphatic heterocycles. The van der Waals surface area contributed by atoms with Crippen LogP contribution < -0.4 is 10.2 Å². The Morgan fingerprint density at radius 1 is 1.30 bits per heavy atom. The average Bonchev–Trinajstić information content (AvgIpc) is 2.42. The predicted octanol–water partition coefficient (Wildman–Crippen LogP) is 2.14. The van der Waals surface area contributed by atoms with Crippen molar-refractivity contribution in [2.75, 3.05) is 37.0 Å². The number of alkyl halides is 3. The van der Waals surface area contributed by atoms with Crippen molar-refractivity contribution in [1.82, 2.24) is 9.97 Å². The lowest BCUT2D eigenvalue weighted by molar-refractivity contribution is -0.141. The molecule has 2 N–H and O–H groups in total. The van der Waals surface area contributed by atoms with E-state index in [1.807, 2.05) is 6.92 Å². The van der Waals surface area contributed by atoms with Crippen molar-refractivity contribution in [3.63, 3.8) is 0 Å². The predicted molar refractivity (Wildman–Crippen MR) is 70.8 cm³/mol. The Morgan fingerprint density at radius 3 is 2.50 bits per heavy atom. The molecule has 1 aromatic rings. The van der Waals surface area contributed by atoms with Crippen molar-refractivity contribution in [2.24, 2.45) is 0 Å². The summed E-state index contributed by atoms with van der Waals surface area (Å²) >= 11 is 0. The van der Waals surface area contributed by atoms with Crippen molar-refractivity contribution in [1.29, 1.82) is 0 Å². The van der Waals surface area contributed by atoms with Gasteiger partial charge < -0.3 is 15.3 Å². The Kier molecular flexibility index (Phi) is 6.00. The van der Waals surface area contributed by atoms with Gasteiger partial charge in [0, 0.05) is 26.2 Å². The highest BCUT2D eigenvalue weighted by Crippen LogP contribution is 2.30. The Bertz CT molecular complexity index is 426. The van der Waals surface area contributed by atoms with Crippen LogP contribution >= 0.6 is 0 Å². The van der Waals surface area contributed by atoms with Crippen LogP contribution in [0.3, 0.4) is 0 Å². The summed E-state index contributed by atoms with van der Waals surface area (Å²) in [5.74, 6) is 0.0773. The highest BCUT2D eigenvalue weighted by atomic mass is 19.4.